The Labute approximate surface area is 192 Å². The summed E-state index contributed by atoms with van der Waals surface area (Å²) in [5, 5.41) is 8.88. The lowest BCUT2D eigenvalue weighted by atomic mass is 10.1. The third kappa shape index (κ3) is 5.64. The minimum absolute atomic E-state index is 0.236. The zero-order chi connectivity index (χ0) is 23.3. The molecule has 2 aromatic carbocycles. The molecule has 32 heavy (non-hydrogen) atoms. The molecular formula is C24H28N4O3S. The van der Waals surface area contributed by atoms with E-state index in [0.29, 0.717) is 28.7 Å². The summed E-state index contributed by atoms with van der Waals surface area (Å²) in [6.45, 7) is 8.16. The van der Waals surface area contributed by atoms with E-state index in [2.05, 4.69) is 20.9 Å². The molecule has 0 fully saturated rings. The highest BCUT2D eigenvalue weighted by Crippen LogP contribution is 2.27. The van der Waals surface area contributed by atoms with Crippen molar-refractivity contribution in [2.75, 3.05) is 24.3 Å². The molecule has 0 aliphatic carbocycles. The normalized spacial score (nSPS) is 10.5. The third-order valence-corrected chi connectivity index (χ3v) is 6.08. The first-order valence-electron chi connectivity index (χ1n) is 10.3. The molecule has 0 aliphatic rings. The van der Waals surface area contributed by atoms with Crippen LogP contribution in [0.15, 0.2) is 36.4 Å². The van der Waals surface area contributed by atoms with Gasteiger partial charge >= 0.3 is 6.03 Å². The van der Waals surface area contributed by atoms with Gasteiger partial charge in [0, 0.05) is 12.2 Å². The maximum atomic E-state index is 12.8. The van der Waals surface area contributed by atoms with Gasteiger partial charge in [-0.15, -0.1) is 0 Å². The molecule has 0 atom stereocenters. The lowest BCUT2D eigenvalue weighted by Gasteiger charge is -2.12. The predicted molar refractivity (Wildman–Crippen MR) is 129 cm³/mol. The van der Waals surface area contributed by atoms with E-state index in [9.17, 15) is 9.59 Å². The molecule has 0 unspecified atom stereocenters. The number of nitrogens with one attached hydrogen (secondary N) is 3. The molecule has 0 aliphatic heterocycles. The number of benzene rings is 2. The summed E-state index contributed by atoms with van der Waals surface area (Å²) in [6.07, 6.45) is 0.636. The molecule has 3 rings (SSSR count). The van der Waals surface area contributed by atoms with Gasteiger partial charge in [-0.1, -0.05) is 47.2 Å². The number of aromatic nitrogens is 1. The van der Waals surface area contributed by atoms with Gasteiger partial charge in [0.15, 0.2) is 5.13 Å². The lowest BCUT2D eigenvalue weighted by Crippen LogP contribution is -2.30. The minimum Gasteiger partial charge on any atom is -0.496 e. The Morgan fingerprint density at radius 3 is 2.41 bits per heavy atom. The average Bonchev–Trinajstić information content (AvgIpc) is 3.10. The number of methoxy groups -OCH3 is 1. The highest BCUT2D eigenvalue weighted by molar-refractivity contribution is 7.17. The predicted octanol–water partition coefficient (Wildman–Crippen LogP) is 5.00. The molecule has 1 aromatic heterocycles. The average molecular weight is 453 g/mol. The van der Waals surface area contributed by atoms with Gasteiger partial charge in [0.2, 0.25) is 0 Å². The van der Waals surface area contributed by atoms with Crippen molar-refractivity contribution in [3.8, 4) is 5.75 Å². The summed E-state index contributed by atoms with van der Waals surface area (Å²) in [6, 6.07) is 11.4. The second-order valence-corrected chi connectivity index (χ2v) is 8.60. The molecular weight excluding hydrogens is 424 g/mol. The van der Waals surface area contributed by atoms with Crippen molar-refractivity contribution in [1.29, 1.82) is 0 Å². The summed E-state index contributed by atoms with van der Waals surface area (Å²) in [4.78, 5) is 29.9. The molecule has 0 bridgehead atoms. The van der Waals surface area contributed by atoms with E-state index in [1.165, 1.54) is 0 Å². The first kappa shape index (κ1) is 23.3. The number of hydrogen-bond donors (Lipinski definition) is 3. The molecule has 0 saturated heterocycles. The van der Waals surface area contributed by atoms with Crippen LogP contribution >= 0.6 is 11.3 Å². The Morgan fingerprint density at radius 1 is 1.03 bits per heavy atom. The number of thiazole rings is 1. The van der Waals surface area contributed by atoms with E-state index in [0.717, 1.165) is 45.0 Å². The number of anilines is 2. The van der Waals surface area contributed by atoms with Crippen LogP contribution in [-0.2, 0) is 6.42 Å². The Hall–Kier alpha value is -3.39. The number of nitrogens with zero attached hydrogens (tertiary/aromatic N) is 1. The molecule has 8 heteroatoms. The highest BCUT2D eigenvalue weighted by Gasteiger charge is 2.18. The molecule has 0 radical (unpaired) electrons. The number of rotatable bonds is 7. The van der Waals surface area contributed by atoms with Crippen molar-refractivity contribution in [3.63, 3.8) is 0 Å². The van der Waals surface area contributed by atoms with Crippen molar-refractivity contribution in [2.24, 2.45) is 0 Å². The number of hydrogen-bond acceptors (Lipinski definition) is 5. The second-order valence-electron chi connectivity index (χ2n) is 7.60. The van der Waals surface area contributed by atoms with Gasteiger partial charge in [0.1, 0.15) is 10.6 Å². The van der Waals surface area contributed by atoms with Crippen molar-refractivity contribution in [2.45, 2.75) is 34.1 Å². The third-order valence-electron chi connectivity index (χ3n) is 5.01. The standard InChI is InChI=1S/C24H28N4O3S/c1-14-12-15(2)20(16(3)13-14)27-22(29)21-17(4)26-24(32-21)28-23(30)25-11-10-18-8-6-7-9-19(18)31-5/h6-9,12-13H,10-11H2,1-5H3,(H,27,29)(H2,25,26,28,30). The fourth-order valence-electron chi connectivity index (χ4n) is 3.57. The molecule has 0 spiro atoms. The highest BCUT2D eigenvalue weighted by atomic mass is 32.1. The number of aryl methyl sites for hydroxylation is 4. The number of para-hydroxylation sites is 1. The van der Waals surface area contributed by atoms with Crippen LogP contribution in [0.5, 0.6) is 5.75 Å². The molecule has 1 heterocycles. The number of amides is 3. The van der Waals surface area contributed by atoms with Gasteiger partial charge in [-0.25, -0.2) is 9.78 Å². The van der Waals surface area contributed by atoms with Crippen molar-refractivity contribution in [1.82, 2.24) is 10.3 Å². The molecule has 3 amide bonds. The van der Waals surface area contributed by atoms with Gasteiger partial charge in [0.25, 0.3) is 5.91 Å². The van der Waals surface area contributed by atoms with Crippen LogP contribution in [0.3, 0.4) is 0 Å². The second kappa shape index (κ2) is 10.3. The molecule has 3 N–H and O–H groups in total. The Morgan fingerprint density at radius 2 is 1.72 bits per heavy atom. The summed E-state index contributed by atoms with van der Waals surface area (Å²) < 4.78 is 5.33. The van der Waals surface area contributed by atoms with Crippen LogP contribution < -0.4 is 20.7 Å². The zero-order valence-electron chi connectivity index (χ0n) is 19.0. The first-order valence-corrected chi connectivity index (χ1v) is 11.1. The van der Waals surface area contributed by atoms with E-state index < -0.39 is 0 Å². The van der Waals surface area contributed by atoms with Crippen LogP contribution in [-0.4, -0.2) is 30.6 Å². The molecule has 3 aromatic rings. The van der Waals surface area contributed by atoms with Crippen LogP contribution in [0, 0.1) is 27.7 Å². The van der Waals surface area contributed by atoms with Crippen LogP contribution in [0.4, 0.5) is 15.6 Å². The van der Waals surface area contributed by atoms with E-state index in [4.69, 9.17) is 4.74 Å². The fraction of sp³-hybridized carbons (Fsp3) is 0.292. The lowest BCUT2D eigenvalue weighted by molar-refractivity contribution is 0.102. The Balaban J connectivity index is 1.59. The molecule has 168 valence electrons. The van der Waals surface area contributed by atoms with Crippen LogP contribution in [0.25, 0.3) is 0 Å². The minimum atomic E-state index is -0.370. The summed E-state index contributed by atoms with van der Waals surface area (Å²) in [7, 11) is 1.62. The van der Waals surface area contributed by atoms with Crippen LogP contribution in [0.1, 0.15) is 37.6 Å². The van der Waals surface area contributed by atoms with Crippen LogP contribution in [0.2, 0.25) is 0 Å². The van der Waals surface area contributed by atoms with E-state index in [1.807, 2.05) is 57.2 Å². The molecule has 7 nitrogen and oxygen atoms in total. The monoisotopic (exact) mass is 452 g/mol. The van der Waals surface area contributed by atoms with Crippen molar-refractivity contribution < 1.29 is 14.3 Å². The van der Waals surface area contributed by atoms with E-state index in [1.54, 1.807) is 14.0 Å². The first-order chi connectivity index (χ1) is 15.3. The maximum Gasteiger partial charge on any atom is 0.321 e. The van der Waals surface area contributed by atoms with Gasteiger partial charge in [-0.2, -0.15) is 0 Å². The van der Waals surface area contributed by atoms with Crippen molar-refractivity contribution >= 4 is 34.1 Å². The smallest absolute Gasteiger partial charge is 0.321 e. The van der Waals surface area contributed by atoms with Crippen molar-refractivity contribution in [3.05, 3.63) is 69.2 Å². The number of urea groups is 1. The van der Waals surface area contributed by atoms with Gasteiger partial charge in [0.05, 0.1) is 12.8 Å². The molecule has 0 saturated carbocycles. The topological polar surface area (TPSA) is 92.3 Å². The summed E-state index contributed by atoms with van der Waals surface area (Å²) >= 11 is 1.15. The van der Waals surface area contributed by atoms with E-state index in [-0.39, 0.29) is 11.9 Å². The summed E-state index contributed by atoms with van der Waals surface area (Å²) in [5.74, 6) is 0.555. The van der Waals surface area contributed by atoms with Gasteiger partial charge in [-0.3, -0.25) is 10.1 Å². The quantitative estimate of drug-likeness (QED) is 0.470. The Bertz CT molecular complexity index is 1120. The number of carbonyl (C=O) groups is 2. The maximum absolute atomic E-state index is 12.8. The van der Waals surface area contributed by atoms with Gasteiger partial charge < -0.3 is 15.4 Å². The Kier molecular flexibility index (Phi) is 7.48. The SMILES string of the molecule is COc1ccccc1CCNC(=O)Nc1nc(C)c(C(=O)Nc2c(C)cc(C)cc2C)s1. The number of carbonyl (C=O) groups excluding carboxylic acids is 2. The van der Waals surface area contributed by atoms with Gasteiger partial charge in [-0.05, 0) is 56.9 Å². The summed E-state index contributed by atoms with van der Waals surface area (Å²) in [5.41, 5.74) is 5.55. The zero-order valence-corrected chi connectivity index (χ0v) is 19.8. The van der Waals surface area contributed by atoms with E-state index >= 15 is 0 Å². The fourth-order valence-corrected chi connectivity index (χ4v) is 4.43. The largest absolute Gasteiger partial charge is 0.496 e. The number of ether oxygens (including phenoxy) is 1.